The number of hydrogen-bond donors (Lipinski definition) is 1. The second-order valence-corrected chi connectivity index (χ2v) is 5.33. The lowest BCUT2D eigenvalue weighted by molar-refractivity contribution is 0.586. The van der Waals surface area contributed by atoms with Crippen molar-refractivity contribution < 1.29 is 8.78 Å². The second-order valence-electron chi connectivity index (χ2n) is 5.33. The van der Waals surface area contributed by atoms with E-state index in [0.29, 0.717) is 29.4 Å². The van der Waals surface area contributed by atoms with Crippen molar-refractivity contribution in [2.75, 3.05) is 5.32 Å². The molecule has 4 rings (SSSR count). The molecule has 2 aromatic heterocycles. The number of anilines is 2. The Balaban J connectivity index is 1.96. The molecule has 4 aromatic rings. The van der Waals surface area contributed by atoms with Crippen molar-refractivity contribution in [2.45, 2.75) is 13.3 Å². The third kappa shape index (κ3) is 2.25. The molecule has 0 aliphatic rings. The minimum Gasteiger partial charge on any atom is -0.323 e. The van der Waals surface area contributed by atoms with Crippen LogP contribution in [0.4, 0.5) is 20.4 Å². The lowest BCUT2D eigenvalue weighted by Gasteiger charge is -2.11. The SMILES string of the molecule is CCc1nnc2c3ccccc3nc(Nc3ccc(F)cc3F)n12. The van der Waals surface area contributed by atoms with Gasteiger partial charge in [0, 0.05) is 17.9 Å². The van der Waals surface area contributed by atoms with Crippen LogP contribution in [0.2, 0.25) is 0 Å². The van der Waals surface area contributed by atoms with Gasteiger partial charge in [-0.1, -0.05) is 19.1 Å². The van der Waals surface area contributed by atoms with E-state index in [0.717, 1.165) is 11.5 Å². The van der Waals surface area contributed by atoms with Crippen molar-refractivity contribution in [2.24, 2.45) is 0 Å². The molecule has 7 heteroatoms. The summed E-state index contributed by atoms with van der Waals surface area (Å²) in [4.78, 5) is 4.55. The average molecular weight is 325 g/mol. The molecule has 0 atom stereocenters. The van der Waals surface area contributed by atoms with Crippen LogP contribution in [0, 0.1) is 11.6 Å². The first-order valence-electron chi connectivity index (χ1n) is 7.52. The lowest BCUT2D eigenvalue weighted by atomic mass is 10.2. The average Bonchev–Trinajstić information content (AvgIpc) is 3.02. The van der Waals surface area contributed by atoms with Crippen LogP contribution in [0.1, 0.15) is 12.7 Å². The molecule has 0 saturated carbocycles. The summed E-state index contributed by atoms with van der Waals surface area (Å²) in [6.45, 7) is 1.95. The molecule has 5 nitrogen and oxygen atoms in total. The van der Waals surface area contributed by atoms with Crippen molar-refractivity contribution >= 4 is 28.2 Å². The minimum absolute atomic E-state index is 0.135. The van der Waals surface area contributed by atoms with Gasteiger partial charge < -0.3 is 5.32 Å². The summed E-state index contributed by atoms with van der Waals surface area (Å²) in [6, 6.07) is 10.9. The van der Waals surface area contributed by atoms with Gasteiger partial charge in [0.1, 0.15) is 17.5 Å². The van der Waals surface area contributed by atoms with Crippen molar-refractivity contribution in [1.82, 2.24) is 19.6 Å². The van der Waals surface area contributed by atoms with Crippen molar-refractivity contribution in [1.29, 1.82) is 0 Å². The normalized spacial score (nSPS) is 11.3. The molecule has 0 spiro atoms. The highest BCUT2D eigenvalue weighted by molar-refractivity contribution is 5.92. The molecule has 2 aromatic carbocycles. The molecule has 120 valence electrons. The zero-order chi connectivity index (χ0) is 16.7. The minimum atomic E-state index is -0.691. The highest BCUT2D eigenvalue weighted by Crippen LogP contribution is 2.25. The number of aryl methyl sites for hydroxylation is 1. The zero-order valence-corrected chi connectivity index (χ0v) is 12.8. The van der Waals surface area contributed by atoms with Crippen LogP contribution in [0.15, 0.2) is 42.5 Å². The van der Waals surface area contributed by atoms with Crippen LogP contribution < -0.4 is 5.32 Å². The van der Waals surface area contributed by atoms with E-state index in [1.54, 1.807) is 4.40 Å². The standard InChI is InChI=1S/C17H13F2N5/c1-2-15-22-23-16-11-5-3-4-6-13(11)20-17(24(15)16)21-14-8-7-10(18)9-12(14)19/h3-9H,2H2,1H3,(H,20,21). The number of para-hydroxylation sites is 1. The zero-order valence-electron chi connectivity index (χ0n) is 12.8. The third-order valence-electron chi connectivity index (χ3n) is 3.81. The van der Waals surface area contributed by atoms with Crippen LogP contribution in [-0.2, 0) is 6.42 Å². The van der Waals surface area contributed by atoms with Gasteiger partial charge >= 0.3 is 0 Å². The van der Waals surface area contributed by atoms with Gasteiger partial charge in [-0.25, -0.2) is 18.2 Å². The highest BCUT2D eigenvalue weighted by atomic mass is 19.1. The van der Waals surface area contributed by atoms with Gasteiger partial charge in [-0.15, -0.1) is 10.2 Å². The van der Waals surface area contributed by atoms with Gasteiger partial charge in [0.15, 0.2) is 5.65 Å². The molecule has 0 radical (unpaired) electrons. The molecule has 0 aliphatic carbocycles. The van der Waals surface area contributed by atoms with Gasteiger partial charge in [0.05, 0.1) is 11.2 Å². The first-order valence-corrected chi connectivity index (χ1v) is 7.52. The molecular formula is C17H13F2N5. The maximum absolute atomic E-state index is 14.0. The number of nitrogens with zero attached hydrogens (tertiary/aromatic N) is 4. The first kappa shape index (κ1) is 14.5. The van der Waals surface area contributed by atoms with Crippen LogP contribution in [0.25, 0.3) is 16.6 Å². The van der Waals surface area contributed by atoms with Gasteiger partial charge in [0.25, 0.3) is 0 Å². The summed E-state index contributed by atoms with van der Waals surface area (Å²) < 4.78 is 28.9. The van der Waals surface area contributed by atoms with E-state index in [9.17, 15) is 8.78 Å². The Morgan fingerprint density at radius 3 is 2.71 bits per heavy atom. The Morgan fingerprint density at radius 2 is 1.92 bits per heavy atom. The molecule has 0 unspecified atom stereocenters. The van der Waals surface area contributed by atoms with Crippen LogP contribution in [0.5, 0.6) is 0 Å². The van der Waals surface area contributed by atoms with Crippen LogP contribution >= 0.6 is 0 Å². The number of halogens is 2. The van der Waals surface area contributed by atoms with E-state index >= 15 is 0 Å². The number of rotatable bonds is 3. The fourth-order valence-electron chi connectivity index (χ4n) is 2.66. The quantitative estimate of drug-likeness (QED) is 0.621. The molecule has 1 N–H and O–H groups in total. The molecular weight excluding hydrogens is 312 g/mol. The monoisotopic (exact) mass is 325 g/mol. The van der Waals surface area contributed by atoms with E-state index in [4.69, 9.17) is 0 Å². The molecule has 0 aliphatic heterocycles. The number of hydrogen-bond acceptors (Lipinski definition) is 4. The summed E-state index contributed by atoms with van der Waals surface area (Å²) >= 11 is 0. The molecule has 0 fully saturated rings. The van der Waals surface area contributed by atoms with E-state index in [1.807, 2.05) is 31.2 Å². The molecule has 0 saturated heterocycles. The number of aromatic nitrogens is 4. The van der Waals surface area contributed by atoms with Crippen molar-refractivity contribution in [3.63, 3.8) is 0 Å². The molecule has 0 amide bonds. The van der Waals surface area contributed by atoms with E-state index in [2.05, 4.69) is 20.5 Å². The predicted molar refractivity (Wildman–Crippen MR) is 87.3 cm³/mol. The van der Waals surface area contributed by atoms with Crippen molar-refractivity contribution in [3.05, 3.63) is 59.9 Å². The number of nitrogens with one attached hydrogen (secondary N) is 1. The van der Waals surface area contributed by atoms with Crippen molar-refractivity contribution in [3.8, 4) is 0 Å². The van der Waals surface area contributed by atoms with E-state index < -0.39 is 11.6 Å². The molecule has 0 bridgehead atoms. The largest absolute Gasteiger partial charge is 0.323 e. The summed E-state index contributed by atoms with van der Waals surface area (Å²) in [7, 11) is 0. The van der Waals surface area contributed by atoms with Gasteiger partial charge in [0.2, 0.25) is 5.95 Å². The van der Waals surface area contributed by atoms with Crippen LogP contribution in [-0.4, -0.2) is 19.6 Å². The van der Waals surface area contributed by atoms with Gasteiger partial charge in [-0.05, 0) is 24.3 Å². The maximum Gasteiger partial charge on any atom is 0.215 e. The Bertz CT molecular complexity index is 1060. The summed E-state index contributed by atoms with van der Waals surface area (Å²) in [5, 5.41) is 12.2. The molecule has 24 heavy (non-hydrogen) atoms. The third-order valence-corrected chi connectivity index (χ3v) is 3.81. The summed E-state index contributed by atoms with van der Waals surface area (Å²) in [6.07, 6.45) is 0.641. The summed E-state index contributed by atoms with van der Waals surface area (Å²) in [5.41, 5.74) is 1.49. The van der Waals surface area contributed by atoms with Gasteiger partial charge in [-0.2, -0.15) is 0 Å². The first-order chi connectivity index (χ1) is 11.7. The second kappa shape index (κ2) is 5.52. The van der Waals surface area contributed by atoms with Gasteiger partial charge in [-0.3, -0.25) is 0 Å². The Kier molecular flexibility index (Phi) is 3.34. The topological polar surface area (TPSA) is 55.1 Å². The fraction of sp³-hybridized carbons (Fsp3) is 0.118. The lowest BCUT2D eigenvalue weighted by Crippen LogP contribution is -2.06. The Hall–Kier alpha value is -3.09. The number of fused-ring (bicyclic) bond motifs is 3. The van der Waals surface area contributed by atoms with Crippen LogP contribution in [0.3, 0.4) is 0 Å². The van der Waals surface area contributed by atoms with E-state index in [-0.39, 0.29) is 5.69 Å². The fourth-order valence-corrected chi connectivity index (χ4v) is 2.66. The summed E-state index contributed by atoms with van der Waals surface area (Å²) in [5.74, 6) is -0.234. The highest BCUT2D eigenvalue weighted by Gasteiger charge is 2.15. The molecule has 2 heterocycles. The smallest absolute Gasteiger partial charge is 0.215 e. The predicted octanol–water partition coefficient (Wildman–Crippen LogP) is 3.86. The Labute approximate surface area is 136 Å². The maximum atomic E-state index is 14.0. The number of benzene rings is 2. The van der Waals surface area contributed by atoms with E-state index in [1.165, 1.54) is 12.1 Å². The Morgan fingerprint density at radius 1 is 1.08 bits per heavy atom.